The quantitative estimate of drug-likeness (QED) is 0.688. The van der Waals surface area contributed by atoms with Crippen LogP contribution in [0, 0.1) is 0 Å². The molecule has 0 bridgehead atoms. The highest BCUT2D eigenvalue weighted by Gasteiger charge is 2.11. The number of esters is 1. The fourth-order valence-electron chi connectivity index (χ4n) is 1.70. The van der Waals surface area contributed by atoms with E-state index in [2.05, 4.69) is 0 Å². The summed E-state index contributed by atoms with van der Waals surface area (Å²) < 4.78 is 5.19. The molecule has 3 nitrogen and oxygen atoms in total. The van der Waals surface area contributed by atoms with Crippen molar-refractivity contribution in [2.45, 2.75) is 6.42 Å². The van der Waals surface area contributed by atoms with Crippen LogP contribution in [0.15, 0.2) is 48.5 Å². The first-order valence-electron chi connectivity index (χ1n) is 5.93. The Labute approximate surface area is 117 Å². The van der Waals surface area contributed by atoms with E-state index < -0.39 is 5.97 Å². The second-order valence-corrected chi connectivity index (χ2v) is 4.54. The zero-order valence-electron chi connectivity index (χ0n) is 10.3. The molecule has 0 aliphatic heterocycles. The second-order valence-electron chi connectivity index (χ2n) is 4.10. The number of rotatable bonds is 4. The molecule has 98 valence electrons. The number of hydrogen-bond acceptors (Lipinski definition) is 3. The molecule has 0 saturated carbocycles. The Bertz CT molecular complexity index is 570. The molecule has 0 radical (unpaired) electrons. The Morgan fingerprint density at radius 1 is 1.16 bits per heavy atom. The van der Waals surface area contributed by atoms with Gasteiger partial charge in [0.2, 0.25) is 0 Å². The van der Waals surface area contributed by atoms with Gasteiger partial charge in [0.25, 0.3) is 0 Å². The molecule has 0 fully saturated rings. The smallest absolute Gasteiger partial charge is 0.340 e. The van der Waals surface area contributed by atoms with E-state index in [0.717, 1.165) is 5.56 Å². The van der Waals surface area contributed by atoms with E-state index in [9.17, 15) is 4.79 Å². The van der Waals surface area contributed by atoms with Crippen molar-refractivity contribution in [3.05, 3.63) is 64.7 Å². The van der Waals surface area contributed by atoms with Crippen LogP contribution in [0.1, 0.15) is 15.9 Å². The summed E-state index contributed by atoms with van der Waals surface area (Å²) in [7, 11) is 0. The molecule has 19 heavy (non-hydrogen) atoms. The summed E-state index contributed by atoms with van der Waals surface area (Å²) in [5, 5.41) is 0.498. The van der Waals surface area contributed by atoms with E-state index in [0.29, 0.717) is 29.3 Å². The SMILES string of the molecule is Nc1cc(Cl)ccc1C(=O)OCCc1ccccc1. The Morgan fingerprint density at radius 2 is 1.89 bits per heavy atom. The minimum absolute atomic E-state index is 0.324. The van der Waals surface area contributed by atoms with Gasteiger partial charge in [-0.05, 0) is 23.8 Å². The largest absolute Gasteiger partial charge is 0.462 e. The van der Waals surface area contributed by atoms with Crippen LogP contribution < -0.4 is 5.73 Å². The van der Waals surface area contributed by atoms with E-state index in [4.69, 9.17) is 22.1 Å². The lowest BCUT2D eigenvalue weighted by Crippen LogP contribution is -2.10. The highest BCUT2D eigenvalue weighted by Crippen LogP contribution is 2.18. The molecular formula is C15H14ClNO2. The molecule has 0 unspecified atom stereocenters. The molecule has 2 rings (SSSR count). The maximum atomic E-state index is 11.8. The number of carbonyl (C=O) groups excluding carboxylic acids is 1. The highest BCUT2D eigenvalue weighted by molar-refractivity contribution is 6.31. The van der Waals surface area contributed by atoms with Crippen LogP contribution in [0.5, 0.6) is 0 Å². The van der Waals surface area contributed by atoms with Crippen LogP contribution in [0.3, 0.4) is 0 Å². The summed E-state index contributed by atoms with van der Waals surface area (Å²) >= 11 is 5.77. The lowest BCUT2D eigenvalue weighted by atomic mass is 10.1. The fourth-order valence-corrected chi connectivity index (χ4v) is 1.88. The zero-order chi connectivity index (χ0) is 13.7. The van der Waals surface area contributed by atoms with Gasteiger partial charge >= 0.3 is 5.97 Å². The number of halogens is 1. The van der Waals surface area contributed by atoms with Crippen molar-refractivity contribution in [1.82, 2.24) is 0 Å². The number of nitrogens with two attached hydrogens (primary N) is 1. The van der Waals surface area contributed by atoms with Crippen LogP contribution in [0.4, 0.5) is 5.69 Å². The van der Waals surface area contributed by atoms with Crippen LogP contribution in [-0.2, 0) is 11.2 Å². The first kappa shape index (κ1) is 13.4. The highest BCUT2D eigenvalue weighted by atomic mass is 35.5. The fraction of sp³-hybridized carbons (Fsp3) is 0.133. The van der Waals surface area contributed by atoms with Gasteiger partial charge in [-0.15, -0.1) is 0 Å². The Kier molecular flexibility index (Phi) is 4.42. The van der Waals surface area contributed by atoms with E-state index in [1.165, 1.54) is 6.07 Å². The first-order chi connectivity index (χ1) is 9.16. The Hall–Kier alpha value is -2.00. The lowest BCUT2D eigenvalue weighted by Gasteiger charge is -2.07. The minimum Gasteiger partial charge on any atom is -0.462 e. The third-order valence-electron chi connectivity index (χ3n) is 2.70. The van der Waals surface area contributed by atoms with Crippen LogP contribution in [-0.4, -0.2) is 12.6 Å². The van der Waals surface area contributed by atoms with Gasteiger partial charge in [-0.2, -0.15) is 0 Å². The molecule has 2 aromatic rings. The molecule has 0 spiro atoms. The van der Waals surface area contributed by atoms with Crippen molar-refractivity contribution in [2.24, 2.45) is 0 Å². The minimum atomic E-state index is -0.426. The van der Waals surface area contributed by atoms with E-state index >= 15 is 0 Å². The maximum Gasteiger partial charge on any atom is 0.340 e. The number of benzene rings is 2. The summed E-state index contributed by atoms with van der Waals surface area (Å²) in [4.78, 5) is 11.8. The van der Waals surface area contributed by atoms with Gasteiger partial charge in [-0.1, -0.05) is 41.9 Å². The molecule has 0 aliphatic rings. The van der Waals surface area contributed by atoms with E-state index in [-0.39, 0.29) is 0 Å². The summed E-state index contributed by atoms with van der Waals surface area (Å²) in [5.74, 6) is -0.426. The van der Waals surface area contributed by atoms with Gasteiger partial charge in [0, 0.05) is 17.1 Å². The predicted molar refractivity (Wildman–Crippen MR) is 76.3 cm³/mol. The third kappa shape index (κ3) is 3.73. The van der Waals surface area contributed by atoms with Gasteiger partial charge in [0.1, 0.15) is 0 Å². The number of nitrogen functional groups attached to an aromatic ring is 1. The first-order valence-corrected chi connectivity index (χ1v) is 6.30. The summed E-state index contributed by atoms with van der Waals surface area (Å²) in [5.41, 5.74) is 7.52. The number of ether oxygens (including phenoxy) is 1. The van der Waals surface area contributed by atoms with Crippen molar-refractivity contribution in [3.63, 3.8) is 0 Å². The molecule has 4 heteroatoms. The van der Waals surface area contributed by atoms with Crippen molar-refractivity contribution >= 4 is 23.3 Å². The lowest BCUT2D eigenvalue weighted by molar-refractivity contribution is 0.0510. The van der Waals surface area contributed by atoms with Crippen LogP contribution in [0.25, 0.3) is 0 Å². The summed E-state index contributed by atoms with van der Waals surface area (Å²) in [6.45, 7) is 0.324. The van der Waals surface area contributed by atoms with E-state index in [1.54, 1.807) is 12.1 Å². The normalized spacial score (nSPS) is 10.2. The standard InChI is InChI=1S/C15H14ClNO2/c16-12-6-7-13(14(17)10-12)15(18)19-9-8-11-4-2-1-3-5-11/h1-7,10H,8-9,17H2. The molecule has 0 aliphatic carbocycles. The van der Waals surface area contributed by atoms with Crippen LogP contribution >= 0.6 is 11.6 Å². The van der Waals surface area contributed by atoms with Crippen molar-refractivity contribution in [3.8, 4) is 0 Å². The monoisotopic (exact) mass is 275 g/mol. The van der Waals surface area contributed by atoms with Gasteiger partial charge in [-0.25, -0.2) is 4.79 Å². The van der Waals surface area contributed by atoms with Gasteiger partial charge in [0.15, 0.2) is 0 Å². The van der Waals surface area contributed by atoms with E-state index in [1.807, 2.05) is 30.3 Å². The molecular weight excluding hydrogens is 262 g/mol. The number of carbonyl (C=O) groups is 1. The molecule has 0 heterocycles. The van der Waals surface area contributed by atoms with Crippen LogP contribution in [0.2, 0.25) is 5.02 Å². The maximum absolute atomic E-state index is 11.8. The Morgan fingerprint density at radius 3 is 2.58 bits per heavy atom. The molecule has 0 amide bonds. The Balaban J connectivity index is 1.91. The van der Waals surface area contributed by atoms with Crippen molar-refractivity contribution in [2.75, 3.05) is 12.3 Å². The van der Waals surface area contributed by atoms with Gasteiger partial charge in [0.05, 0.1) is 12.2 Å². The predicted octanol–water partition coefficient (Wildman–Crippen LogP) is 3.32. The summed E-state index contributed by atoms with van der Waals surface area (Å²) in [6.07, 6.45) is 0.681. The second kappa shape index (κ2) is 6.25. The molecule has 0 atom stereocenters. The van der Waals surface area contributed by atoms with Crippen molar-refractivity contribution < 1.29 is 9.53 Å². The topological polar surface area (TPSA) is 52.3 Å². The number of anilines is 1. The van der Waals surface area contributed by atoms with Gasteiger partial charge in [-0.3, -0.25) is 0 Å². The molecule has 2 aromatic carbocycles. The van der Waals surface area contributed by atoms with Crippen molar-refractivity contribution in [1.29, 1.82) is 0 Å². The molecule has 0 aromatic heterocycles. The third-order valence-corrected chi connectivity index (χ3v) is 2.94. The molecule has 0 saturated heterocycles. The number of hydrogen-bond donors (Lipinski definition) is 1. The average molecular weight is 276 g/mol. The summed E-state index contributed by atoms with van der Waals surface area (Å²) in [6, 6.07) is 14.6. The average Bonchev–Trinajstić information content (AvgIpc) is 2.39. The zero-order valence-corrected chi connectivity index (χ0v) is 11.1. The molecule has 2 N–H and O–H groups in total. The van der Waals surface area contributed by atoms with Gasteiger partial charge < -0.3 is 10.5 Å².